The van der Waals surface area contributed by atoms with Crippen LogP contribution in [0, 0.1) is 0 Å². The van der Waals surface area contributed by atoms with Crippen molar-refractivity contribution in [3.8, 4) is 5.88 Å². The molecule has 50 heavy (non-hydrogen) atoms. The van der Waals surface area contributed by atoms with E-state index >= 15 is 0 Å². The van der Waals surface area contributed by atoms with Crippen LogP contribution < -0.4 is 20.7 Å². The molecule has 0 aliphatic carbocycles. The number of ether oxygens (including phenoxy) is 1. The van der Waals surface area contributed by atoms with Gasteiger partial charge in [0.2, 0.25) is 11.8 Å². The average molecular weight is 751 g/mol. The third kappa shape index (κ3) is 8.16. The maximum Gasteiger partial charge on any atom is 0.435 e. The van der Waals surface area contributed by atoms with Crippen molar-refractivity contribution in [2.45, 2.75) is 25.3 Å². The van der Waals surface area contributed by atoms with Crippen LogP contribution in [-0.4, -0.2) is 49.6 Å². The molecule has 0 saturated carbocycles. The lowest BCUT2D eigenvalue weighted by Gasteiger charge is -2.13. The van der Waals surface area contributed by atoms with Gasteiger partial charge in [0.1, 0.15) is 11.3 Å². The highest BCUT2D eigenvalue weighted by atomic mass is 35.5. The Balaban J connectivity index is 1.37. The zero-order chi connectivity index (χ0) is 36.5. The van der Waals surface area contributed by atoms with Gasteiger partial charge in [0, 0.05) is 25.3 Å². The third-order valence-corrected chi connectivity index (χ3v) is 7.50. The molecule has 11 nitrogen and oxygen atoms in total. The summed E-state index contributed by atoms with van der Waals surface area (Å²) in [6.45, 7) is -1.40. The summed E-state index contributed by atoms with van der Waals surface area (Å²) in [4.78, 5) is 36.7. The van der Waals surface area contributed by atoms with Crippen LogP contribution in [0.3, 0.4) is 0 Å². The number of aryl methyl sites for hydroxylation is 1. The molecular formula is C29H20Cl2F8N8O3. The van der Waals surface area contributed by atoms with E-state index < -0.39 is 54.3 Å². The van der Waals surface area contributed by atoms with Crippen molar-refractivity contribution in [1.29, 1.82) is 0 Å². The predicted molar refractivity (Wildman–Crippen MR) is 164 cm³/mol. The number of hydrogen-bond acceptors (Lipinski definition) is 7. The fourth-order valence-corrected chi connectivity index (χ4v) is 4.92. The Morgan fingerprint density at radius 2 is 1.66 bits per heavy atom. The lowest BCUT2D eigenvalue weighted by atomic mass is 10.2. The molecule has 0 aliphatic heterocycles. The molecule has 2 aromatic carbocycles. The SMILES string of the molecule is Cn1nc(C(F)(F)F)cc1C(=O)NCc1ccc(Cl)c(Nc2nc3nc(OCC(F)F)c(C(=O)Nc4ccc(C(F)(F)F)cc4)cc3[nH]2)c1Cl. The van der Waals surface area contributed by atoms with Gasteiger partial charge in [-0.2, -0.15) is 41.4 Å². The number of anilines is 3. The number of pyridine rings is 1. The zero-order valence-corrected chi connectivity index (χ0v) is 26.4. The molecule has 0 unspecified atom stereocenters. The van der Waals surface area contributed by atoms with E-state index in [4.69, 9.17) is 27.9 Å². The maximum atomic E-state index is 13.1. The fraction of sp³-hybridized carbons (Fsp3) is 0.207. The van der Waals surface area contributed by atoms with E-state index in [2.05, 4.69) is 36.0 Å². The lowest BCUT2D eigenvalue weighted by Crippen LogP contribution is -2.25. The lowest BCUT2D eigenvalue weighted by molar-refractivity contribution is -0.141. The molecule has 0 saturated heterocycles. The standard InChI is InChI=1S/C29H20Cl2F8N8O3/c1-47-18(9-19(46-47)29(37,38)39)25(49)40-10-12-2-7-16(30)22(21(12)31)43-27-42-17-8-15(26(44-23(17)45-27)50-11-20(32)33)24(48)41-14-5-3-13(4-6-14)28(34,35)36/h2-9,20H,10-11H2,1H3,(H,40,49)(H,41,48)(H2,42,43,44,45). The molecule has 2 amide bonds. The van der Waals surface area contributed by atoms with Crippen LogP contribution >= 0.6 is 23.2 Å². The second kappa shape index (κ2) is 14.0. The van der Waals surface area contributed by atoms with Gasteiger partial charge >= 0.3 is 12.4 Å². The molecule has 5 aromatic rings. The summed E-state index contributed by atoms with van der Waals surface area (Å²) in [5.74, 6) is -2.44. The van der Waals surface area contributed by atoms with Crippen LogP contribution in [0.25, 0.3) is 11.2 Å². The van der Waals surface area contributed by atoms with Gasteiger partial charge in [0.05, 0.1) is 26.8 Å². The molecule has 5 rings (SSSR count). The second-order valence-corrected chi connectivity index (χ2v) is 11.1. The van der Waals surface area contributed by atoms with Gasteiger partial charge in [-0.05, 0) is 42.0 Å². The maximum absolute atomic E-state index is 13.1. The normalized spacial score (nSPS) is 12.0. The fourth-order valence-electron chi connectivity index (χ4n) is 4.39. The third-order valence-electron chi connectivity index (χ3n) is 6.76. The van der Waals surface area contributed by atoms with E-state index in [1.54, 1.807) is 0 Å². The molecule has 0 fully saturated rings. The number of aromatic amines is 1. The van der Waals surface area contributed by atoms with E-state index in [-0.39, 0.29) is 61.9 Å². The number of hydrogen-bond donors (Lipinski definition) is 4. The van der Waals surface area contributed by atoms with Crippen molar-refractivity contribution in [2.24, 2.45) is 7.05 Å². The van der Waals surface area contributed by atoms with Crippen LogP contribution in [0.1, 0.15) is 37.7 Å². The topological polar surface area (TPSA) is 139 Å². The van der Waals surface area contributed by atoms with Crippen molar-refractivity contribution in [1.82, 2.24) is 30.0 Å². The molecule has 0 atom stereocenters. The number of aromatic nitrogens is 5. The monoisotopic (exact) mass is 750 g/mol. The number of benzene rings is 2. The number of amides is 2. The minimum absolute atomic E-state index is 0.0234. The number of carbonyl (C=O) groups is 2. The molecule has 3 heterocycles. The van der Waals surface area contributed by atoms with Crippen LogP contribution in [-0.2, 0) is 25.9 Å². The quantitative estimate of drug-likeness (QED) is 0.108. The Morgan fingerprint density at radius 3 is 2.28 bits per heavy atom. The van der Waals surface area contributed by atoms with E-state index in [0.717, 1.165) is 28.9 Å². The molecule has 0 radical (unpaired) electrons. The van der Waals surface area contributed by atoms with Crippen molar-refractivity contribution in [2.75, 3.05) is 17.2 Å². The smallest absolute Gasteiger partial charge is 0.435 e. The number of nitrogens with one attached hydrogen (secondary N) is 4. The number of imidazole rings is 1. The number of halogens is 10. The van der Waals surface area contributed by atoms with Crippen molar-refractivity contribution < 1.29 is 49.4 Å². The Hall–Kier alpha value is -5.17. The highest BCUT2D eigenvalue weighted by Crippen LogP contribution is 2.36. The Kier molecular flexibility index (Phi) is 10.1. The molecule has 0 bridgehead atoms. The minimum Gasteiger partial charge on any atom is -0.471 e. The van der Waals surface area contributed by atoms with Gasteiger partial charge in [-0.3, -0.25) is 14.3 Å². The highest BCUT2D eigenvalue weighted by Gasteiger charge is 2.35. The molecule has 4 N–H and O–H groups in total. The summed E-state index contributed by atoms with van der Waals surface area (Å²) in [7, 11) is 1.17. The number of carbonyl (C=O) groups excluding carboxylic acids is 2. The Labute approximate surface area is 284 Å². The first kappa shape index (κ1) is 36.1. The second-order valence-electron chi connectivity index (χ2n) is 10.3. The Morgan fingerprint density at radius 1 is 0.960 bits per heavy atom. The number of fused-ring (bicyclic) bond motifs is 1. The summed E-state index contributed by atoms with van der Waals surface area (Å²) in [6.07, 6.45) is -12.3. The summed E-state index contributed by atoms with van der Waals surface area (Å²) < 4.78 is 110. The van der Waals surface area contributed by atoms with Gasteiger partial charge in [0.15, 0.2) is 17.9 Å². The van der Waals surface area contributed by atoms with Gasteiger partial charge in [-0.25, -0.2) is 8.78 Å². The first-order chi connectivity index (χ1) is 23.4. The van der Waals surface area contributed by atoms with Gasteiger partial charge in [-0.15, -0.1) is 0 Å². The average Bonchev–Trinajstić information content (AvgIpc) is 3.63. The van der Waals surface area contributed by atoms with Crippen LogP contribution in [0.4, 0.5) is 52.4 Å². The molecule has 264 valence electrons. The van der Waals surface area contributed by atoms with Crippen LogP contribution in [0.15, 0.2) is 48.5 Å². The van der Waals surface area contributed by atoms with Crippen molar-refractivity contribution in [3.05, 3.63) is 86.7 Å². The van der Waals surface area contributed by atoms with Crippen LogP contribution in [0.2, 0.25) is 10.0 Å². The summed E-state index contributed by atoms with van der Waals surface area (Å²) in [5.41, 5.74) is -2.66. The van der Waals surface area contributed by atoms with E-state index in [1.807, 2.05) is 0 Å². The first-order valence-corrected chi connectivity index (χ1v) is 14.6. The highest BCUT2D eigenvalue weighted by molar-refractivity contribution is 6.39. The molecule has 0 aliphatic rings. The van der Waals surface area contributed by atoms with E-state index in [1.165, 1.54) is 25.2 Å². The first-order valence-electron chi connectivity index (χ1n) is 13.8. The number of rotatable bonds is 10. The molecule has 3 aromatic heterocycles. The zero-order valence-electron chi connectivity index (χ0n) is 24.9. The number of nitrogens with zero attached hydrogens (tertiary/aromatic N) is 4. The minimum atomic E-state index is -4.76. The van der Waals surface area contributed by atoms with Gasteiger partial charge < -0.3 is 25.7 Å². The van der Waals surface area contributed by atoms with E-state index in [9.17, 15) is 44.7 Å². The predicted octanol–water partition coefficient (Wildman–Crippen LogP) is 7.61. The molecule has 0 spiro atoms. The van der Waals surface area contributed by atoms with Crippen molar-refractivity contribution >= 4 is 63.5 Å². The van der Waals surface area contributed by atoms with Gasteiger partial charge in [0.25, 0.3) is 18.2 Å². The van der Waals surface area contributed by atoms with Crippen molar-refractivity contribution in [3.63, 3.8) is 0 Å². The van der Waals surface area contributed by atoms with Crippen LogP contribution in [0.5, 0.6) is 5.88 Å². The summed E-state index contributed by atoms with van der Waals surface area (Å²) >= 11 is 12.9. The number of H-pyrrole nitrogens is 1. The Bertz CT molecular complexity index is 2060. The molecule has 21 heteroatoms. The summed E-state index contributed by atoms with van der Waals surface area (Å²) in [5, 5.41) is 11.0. The largest absolute Gasteiger partial charge is 0.471 e. The van der Waals surface area contributed by atoms with E-state index in [0.29, 0.717) is 6.07 Å². The summed E-state index contributed by atoms with van der Waals surface area (Å²) in [6, 6.07) is 8.10. The molecular weight excluding hydrogens is 731 g/mol. The number of alkyl halides is 8. The van der Waals surface area contributed by atoms with Gasteiger partial charge in [-0.1, -0.05) is 29.3 Å².